The summed E-state index contributed by atoms with van der Waals surface area (Å²) in [5.41, 5.74) is 0. The van der Waals surface area contributed by atoms with Gasteiger partial charge in [0.1, 0.15) is 0 Å². The van der Waals surface area contributed by atoms with Gasteiger partial charge in [0.05, 0.1) is 6.10 Å². The normalized spacial score (nSPS) is 43.6. The third-order valence-electron chi connectivity index (χ3n) is 3.02. The zero-order chi connectivity index (χ0) is 7.84. The van der Waals surface area contributed by atoms with Crippen molar-refractivity contribution in [3.05, 3.63) is 0 Å². The molecule has 0 aromatic rings. The summed E-state index contributed by atoms with van der Waals surface area (Å²) in [4.78, 5) is 0. The molecule has 2 fully saturated rings. The first-order valence-corrected chi connectivity index (χ1v) is 4.69. The monoisotopic (exact) mass is 155 g/mol. The van der Waals surface area contributed by atoms with Crippen LogP contribution in [-0.4, -0.2) is 23.8 Å². The number of hydrogen-bond donors (Lipinski definition) is 2. The van der Waals surface area contributed by atoms with Crippen molar-refractivity contribution in [3.8, 4) is 0 Å². The average Bonchev–Trinajstić information content (AvgIpc) is 2.62. The molecule has 0 radical (unpaired) electrons. The maximum atomic E-state index is 9.05. The lowest BCUT2D eigenvalue weighted by atomic mass is 10.1. The highest BCUT2D eigenvalue weighted by atomic mass is 16.3. The minimum Gasteiger partial charge on any atom is -0.392 e. The van der Waals surface area contributed by atoms with E-state index >= 15 is 0 Å². The van der Waals surface area contributed by atoms with Crippen LogP contribution in [0, 0.1) is 11.8 Å². The van der Waals surface area contributed by atoms with E-state index < -0.39 is 0 Å². The van der Waals surface area contributed by atoms with Crippen molar-refractivity contribution in [2.24, 2.45) is 11.8 Å². The predicted molar refractivity (Wildman–Crippen MR) is 44.3 cm³/mol. The van der Waals surface area contributed by atoms with Gasteiger partial charge in [-0.05, 0) is 38.0 Å². The Morgan fingerprint density at radius 3 is 2.82 bits per heavy atom. The van der Waals surface area contributed by atoms with Gasteiger partial charge in [0.15, 0.2) is 0 Å². The zero-order valence-corrected chi connectivity index (χ0v) is 7.09. The second-order valence-electron chi connectivity index (χ2n) is 4.10. The van der Waals surface area contributed by atoms with Crippen LogP contribution in [0.3, 0.4) is 0 Å². The molecule has 2 aliphatic rings. The van der Waals surface area contributed by atoms with Gasteiger partial charge < -0.3 is 10.4 Å². The number of hydrogen-bond acceptors (Lipinski definition) is 2. The van der Waals surface area contributed by atoms with Gasteiger partial charge in [0.25, 0.3) is 0 Å². The predicted octanol–water partition coefficient (Wildman–Crippen LogP) is 0.755. The van der Waals surface area contributed by atoms with E-state index in [1.807, 2.05) is 6.92 Å². The Kier molecular flexibility index (Phi) is 1.90. The van der Waals surface area contributed by atoms with Crippen molar-refractivity contribution in [2.45, 2.75) is 38.3 Å². The molecule has 2 saturated carbocycles. The summed E-state index contributed by atoms with van der Waals surface area (Å²) in [6, 6.07) is 0.731. The third kappa shape index (κ3) is 1.57. The fourth-order valence-corrected chi connectivity index (χ4v) is 2.28. The summed E-state index contributed by atoms with van der Waals surface area (Å²) < 4.78 is 0. The van der Waals surface area contributed by atoms with Crippen LogP contribution < -0.4 is 5.32 Å². The van der Waals surface area contributed by atoms with Gasteiger partial charge in [-0.25, -0.2) is 0 Å². The molecule has 0 amide bonds. The fourth-order valence-electron chi connectivity index (χ4n) is 2.28. The molecular weight excluding hydrogens is 138 g/mol. The standard InChI is InChI=1S/C9H17NO/c1-6(11)5-10-9-3-2-7-4-8(7)9/h6-11H,2-5H2,1H3/t6-,7+,8-,9?/m1/s1. The maximum absolute atomic E-state index is 9.05. The molecule has 11 heavy (non-hydrogen) atoms. The van der Waals surface area contributed by atoms with E-state index in [9.17, 15) is 0 Å². The molecule has 2 rings (SSSR count). The van der Waals surface area contributed by atoms with Gasteiger partial charge in [-0.2, -0.15) is 0 Å². The van der Waals surface area contributed by atoms with Crippen LogP contribution in [0.15, 0.2) is 0 Å². The molecule has 0 heterocycles. The highest BCUT2D eigenvalue weighted by Crippen LogP contribution is 2.51. The third-order valence-corrected chi connectivity index (χ3v) is 3.02. The van der Waals surface area contributed by atoms with Crippen molar-refractivity contribution in [2.75, 3.05) is 6.54 Å². The van der Waals surface area contributed by atoms with Crippen molar-refractivity contribution < 1.29 is 5.11 Å². The average molecular weight is 155 g/mol. The lowest BCUT2D eigenvalue weighted by Gasteiger charge is -2.14. The van der Waals surface area contributed by atoms with Gasteiger partial charge in [-0.1, -0.05) is 0 Å². The maximum Gasteiger partial charge on any atom is 0.0636 e. The summed E-state index contributed by atoms with van der Waals surface area (Å²) in [7, 11) is 0. The topological polar surface area (TPSA) is 32.3 Å². The molecule has 2 nitrogen and oxygen atoms in total. The highest BCUT2D eigenvalue weighted by Gasteiger charge is 2.47. The van der Waals surface area contributed by atoms with Gasteiger partial charge in [-0.3, -0.25) is 0 Å². The summed E-state index contributed by atoms with van der Waals surface area (Å²) in [6.07, 6.45) is 4.01. The van der Waals surface area contributed by atoms with E-state index in [1.165, 1.54) is 19.3 Å². The van der Waals surface area contributed by atoms with Crippen molar-refractivity contribution in [1.29, 1.82) is 0 Å². The minimum absolute atomic E-state index is 0.187. The van der Waals surface area contributed by atoms with Crippen LogP contribution in [0.1, 0.15) is 26.2 Å². The molecule has 2 N–H and O–H groups in total. The zero-order valence-electron chi connectivity index (χ0n) is 7.09. The SMILES string of the molecule is C[C@@H](O)CNC1CC[C@H]2C[C@@H]12. The van der Waals surface area contributed by atoms with E-state index in [2.05, 4.69) is 5.32 Å². The van der Waals surface area contributed by atoms with E-state index in [-0.39, 0.29) is 6.10 Å². The lowest BCUT2D eigenvalue weighted by molar-refractivity contribution is 0.184. The quantitative estimate of drug-likeness (QED) is 0.630. The number of nitrogens with one attached hydrogen (secondary N) is 1. The van der Waals surface area contributed by atoms with E-state index in [4.69, 9.17) is 5.11 Å². The fraction of sp³-hybridized carbons (Fsp3) is 1.00. The van der Waals surface area contributed by atoms with Crippen LogP contribution in [0.4, 0.5) is 0 Å². The second-order valence-corrected chi connectivity index (χ2v) is 4.10. The van der Waals surface area contributed by atoms with E-state index in [0.717, 1.165) is 24.4 Å². The number of aliphatic hydroxyl groups excluding tert-OH is 1. The molecule has 64 valence electrons. The van der Waals surface area contributed by atoms with Crippen LogP contribution in [0.25, 0.3) is 0 Å². The molecule has 0 aromatic carbocycles. The van der Waals surface area contributed by atoms with Crippen molar-refractivity contribution in [3.63, 3.8) is 0 Å². The van der Waals surface area contributed by atoms with Crippen LogP contribution in [-0.2, 0) is 0 Å². The molecule has 0 saturated heterocycles. The number of fused-ring (bicyclic) bond motifs is 1. The Labute approximate surface area is 68.0 Å². The Morgan fingerprint density at radius 1 is 1.55 bits per heavy atom. The van der Waals surface area contributed by atoms with Gasteiger partial charge in [0.2, 0.25) is 0 Å². The van der Waals surface area contributed by atoms with Gasteiger partial charge in [-0.15, -0.1) is 0 Å². The molecule has 4 atom stereocenters. The van der Waals surface area contributed by atoms with Crippen molar-refractivity contribution >= 4 is 0 Å². The highest BCUT2D eigenvalue weighted by molar-refractivity contribution is 5.01. The Hall–Kier alpha value is -0.0800. The first-order chi connectivity index (χ1) is 5.27. The largest absolute Gasteiger partial charge is 0.392 e. The smallest absolute Gasteiger partial charge is 0.0636 e. The van der Waals surface area contributed by atoms with Gasteiger partial charge in [0, 0.05) is 12.6 Å². The van der Waals surface area contributed by atoms with Crippen LogP contribution >= 0.6 is 0 Å². The van der Waals surface area contributed by atoms with Crippen LogP contribution in [0.2, 0.25) is 0 Å². The molecule has 0 spiro atoms. The van der Waals surface area contributed by atoms with E-state index in [1.54, 1.807) is 0 Å². The summed E-state index contributed by atoms with van der Waals surface area (Å²) in [5, 5.41) is 12.5. The first kappa shape index (κ1) is 7.56. The van der Waals surface area contributed by atoms with Gasteiger partial charge >= 0.3 is 0 Å². The molecule has 0 aliphatic heterocycles. The summed E-state index contributed by atoms with van der Waals surface area (Å²) in [6.45, 7) is 2.61. The summed E-state index contributed by atoms with van der Waals surface area (Å²) >= 11 is 0. The Bertz CT molecular complexity index is 146. The minimum atomic E-state index is -0.187. The molecule has 2 aliphatic carbocycles. The first-order valence-electron chi connectivity index (χ1n) is 4.69. The summed E-state index contributed by atoms with van der Waals surface area (Å²) in [5.74, 6) is 2.01. The molecule has 0 bridgehead atoms. The number of rotatable bonds is 3. The Morgan fingerprint density at radius 2 is 2.36 bits per heavy atom. The molecular formula is C9H17NO. The second kappa shape index (κ2) is 2.76. The number of aliphatic hydroxyl groups is 1. The lowest BCUT2D eigenvalue weighted by Crippen LogP contribution is -2.34. The van der Waals surface area contributed by atoms with E-state index in [0.29, 0.717) is 0 Å². The van der Waals surface area contributed by atoms with Crippen LogP contribution in [0.5, 0.6) is 0 Å². The Balaban J connectivity index is 1.70. The molecule has 0 aromatic heterocycles. The molecule has 2 heteroatoms. The van der Waals surface area contributed by atoms with Crippen molar-refractivity contribution in [1.82, 2.24) is 5.32 Å². The molecule has 1 unspecified atom stereocenters.